The van der Waals surface area contributed by atoms with E-state index in [4.69, 9.17) is 9.84 Å². The molecule has 5 rings (SSSR count). The van der Waals surface area contributed by atoms with E-state index < -0.39 is 0 Å². The number of anilines is 3. The fourth-order valence-electron chi connectivity index (χ4n) is 3.95. The zero-order chi connectivity index (χ0) is 22.8. The molecule has 9 nitrogen and oxygen atoms in total. The molecule has 0 bridgehead atoms. The van der Waals surface area contributed by atoms with Gasteiger partial charge in [-0.1, -0.05) is 12.1 Å². The lowest BCUT2D eigenvalue weighted by molar-refractivity contribution is 0.0990. The first-order valence-electron chi connectivity index (χ1n) is 10.9. The molecular formula is C24H25N7O2. The van der Waals surface area contributed by atoms with Crippen molar-refractivity contribution in [2.45, 2.75) is 19.9 Å². The van der Waals surface area contributed by atoms with Gasteiger partial charge in [0.25, 0.3) is 0 Å². The van der Waals surface area contributed by atoms with Crippen molar-refractivity contribution >= 4 is 28.7 Å². The van der Waals surface area contributed by atoms with Crippen LogP contribution in [-0.2, 0) is 4.74 Å². The summed E-state index contributed by atoms with van der Waals surface area (Å²) in [5.41, 5.74) is 5.96. The number of aromatic nitrogens is 4. The van der Waals surface area contributed by atoms with Crippen LogP contribution >= 0.6 is 0 Å². The van der Waals surface area contributed by atoms with Gasteiger partial charge in [0.1, 0.15) is 0 Å². The summed E-state index contributed by atoms with van der Waals surface area (Å²) in [4.78, 5) is 23.2. The third-order valence-corrected chi connectivity index (χ3v) is 5.65. The van der Waals surface area contributed by atoms with Gasteiger partial charge in [0.15, 0.2) is 5.65 Å². The van der Waals surface area contributed by atoms with E-state index in [0.29, 0.717) is 24.6 Å². The number of nitrogens with one attached hydrogen (secondary N) is 2. The van der Waals surface area contributed by atoms with E-state index in [0.717, 1.165) is 34.8 Å². The molecule has 4 aromatic rings. The molecule has 2 amide bonds. The predicted molar refractivity (Wildman–Crippen MR) is 128 cm³/mol. The van der Waals surface area contributed by atoms with E-state index in [1.165, 1.54) is 0 Å². The number of rotatable bonds is 4. The van der Waals surface area contributed by atoms with Crippen LogP contribution in [0.1, 0.15) is 12.6 Å². The Morgan fingerprint density at radius 1 is 1.12 bits per heavy atom. The summed E-state index contributed by atoms with van der Waals surface area (Å²) in [6, 6.07) is 13.2. The Hall–Kier alpha value is -3.98. The van der Waals surface area contributed by atoms with Gasteiger partial charge in [-0.15, -0.1) is 0 Å². The molecule has 33 heavy (non-hydrogen) atoms. The minimum atomic E-state index is -0.326. The molecule has 0 radical (unpaired) electrons. The Morgan fingerprint density at radius 3 is 2.70 bits per heavy atom. The summed E-state index contributed by atoms with van der Waals surface area (Å²) in [7, 11) is 0. The van der Waals surface area contributed by atoms with E-state index in [1.54, 1.807) is 24.5 Å². The first-order chi connectivity index (χ1) is 16.1. The number of pyridine rings is 1. The van der Waals surface area contributed by atoms with Crippen molar-refractivity contribution in [3.63, 3.8) is 0 Å². The standard InChI is InChI=1S/C24H25N7O2/c1-16-13-26-23-22(30-10-11-33-15-17(30)2)12-21(29-31(16)23)18-5-7-19(8-6-18)27-24(32)28-20-4-3-9-25-14-20/h3-9,12-14,17H,10-11,15H2,1-2H3,(H2,27,28,32). The van der Waals surface area contributed by atoms with Crippen LogP contribution in [0.2, 0.25) is 0 Å². The summed E-state index contributed by atoms with van der Waals surface area (Å²) in [5, 5.41) is 10.4. The van der Waals surface area contributed by atoms with E-state index in [9.17, 15) is 4.79 Å². The zero-order valence-electron chi connectivity index (χ0n) is 18.5. The van der Waals surface area contributed by atoms with Crippen LogP contribution < -0.4 is 15.5 Å². The molecule has 0 aliphatic carbocycles. The van der Waals surface area contributed by atoms with Crippen molar-refractivity contribution in [3.05, 3.63) is 66.7 Å². The second kappa shape index (κ2) is 8.87. The van der Waals surface area contributed by atoms with E-state index in [1.807, 2.05) is 41.9 Å². The van der Waals surface area contributed by atoms with Gasteiger partial charge in [-0.2, -0.15) is 5.10 Å². The second-order valence-electron chi connectivity index (χ2n) is 8.07. The van der Waals surface area contributed by atoms with Gasteiger partial charge >= 0.3 is 6.03 Å². The quantitative estimate of drug-likeness (QED) is 0.495. The first-order valence-corrected chi connectivity index (χ1v) is 10.9. The van der Waals surface area contributed by atoms with Crippen LogP contribution in [0.4, 0.5) is 21.9 Å². The lowest BCUT2D eigenvalue weighted by atomic mass is 10.1. The van der Waals surface area contributed by atoms with Crippen LogP contribution in [0.25, 0.3) is 16.9 Å². The van der Waals surface area contributed by atoms with Crippen LogP contribution in [-0.4, -0.2) is 51.4 Å². The fourth-order valence-corrected chi connectivity index (χ4v) is 3.95. The molecule has 2 N–H and O–H groups in total. The monoisotopic (exact) mass is 443 g/mol. The Balaban J connectivity index is 1.41. The number of carbonyl (C=O) groups is 1. The van der Waals surface area contributed by atoms with Crippen molar-refractivity contribution in [3.8, 4) is 11.3 Å². The third-order valence-electron chi connectivity index (χ3n) is 5.65. The molecule has 1 saturated heterocycles. The number of ether oxygens (including phenoxy) is 1. The van der Waals surface area contributed by atoms with E-state index in [-0.39, 0.29) is 12.1 Å². The van der Waals surface area contributed by atoms with Gasteiger partial charge in [-0.3, -0.25) is 4.98 Å². The lowest BCUT2D eigenvalue weighted by Crippen LogP contribution is -2.44. The van der Waals surface area contributed by atoms with Gasteiger partial charge in [0, 0.05) is 30.0 Å². The molecule has 1 unspecified atom stereocenters. The number of aryl methyl sites for hydroxylation is 1. The molecule has 1 atom stereocenters. The highest BCUT2D eigenvalue weighted by Crippen LogP contribution is 2.30. The highest BCUT2D eigenvalue weighted by molar-refractivity contribution is 5.99. The number of carbonyl (C=O) groups excluding carboxylic acids is 1. The minimum Gasteiger partial charge on any atom is -0.377 e. The predicted octanol–water partition coefficient (Wildman–Crippen LogP) is 3.97. The van der Waals surface area contributed by atoms with Gasteiger partial charge in [0.05, 0.1) is 48.4 Å². The number of imidazole rings is 1. The van der Waals surface area contributed by atoms with Crippen LogP contribution in [0, 0.1) is 6.92 Å². The number of nitrogens with zero attached hydrogens (tertiary/aromatic N) is 5. The second-order valence-corrected chi connectivity index (χ2v) is 8.07. The average Bonchev–Trinajstić information content (AvgIpc) is 3.21. The van der Waals surface area contributed by atoms with Crippen LogP contribution in [0.3, 0.4) is 0 Å². The smallest absolute Gasteiger partial charge is 0.323 e. The number of hydrogen-bond acceptors (Lipinski definition) is 6. The molecule has 1 aromatic carbocycles. The maximum Gasteiger partial charge on any atom is 0.323 e. The van der Waals surface area contributed by atoms with Crippen molar-refractivity contribution in [1.82, 2.24) is 19.6 Å². The largest absolute Gasteiger partial charge is 0.377 e. The molecular weight excluding hydrogens is 418 g/mol. The maximum absolute atomic E-state index is 12.3. The first kappa shape index (κ1) is 20.9. The lowest BCUT2D eigenvalue weighted by Gasteiger charge is -2.35. The molecule has 3 aromatic heterocycles. The average molecular weight is 444 g/mol. The normalized spacial score (nSPS) is 16.1. The fraction of sp³-hybridized carbons (Fsp3) is 0.250. The molecule has 1 aliphatic rings. The summed E-state index contributed by atoms with van der Waals surface area (Å²) < 4.78 is 7.51. The van der Waals surface area contributed by atoms with Gasteiger partial charge in [-0.05, 0) is 44.2 Å². The maximum atomic E-state index is 12.3. The molecule has 1 fully saturated rings. The van der Waals surface area contributed by atoms with Crippen molar-refractivity contribution in [2.24, 2.45) is 0 Å². The van der Waals surface area contributed by atoms with Crippen molar-refractivity contribution in [1.29, 1.82) is 0 Å². The van der Waals surface area contributed by atoms with Crippen molar-refractivity contribution < 1.29 is 9.53 Å². The molecule has 0 saturated carbocycles. The topological polar surface area (TPSA) is 96.7 Å². The highest BCUT2D eigenvalue weighted by Gasteiger charge is 2.23. The number of morpholine rings is 1. The SMILES string of the molecule is Cc1cnc2c(N3CCOCC3C)cc(-c3ccc(NC(=O)Nc4cccnc4)cc3)nn12. The van der Waals surface area contributed by atoms with Gasteiger partial charge in [-0.25, -0.2) is 14.3 Å². The Morgan fingerprint density at radius 2 is 1.94 bits per heavy atom. The summed E-state index contributed by atoms with van der Waals surface area (Å²) in [5.74, 6) is 0. The van der Waals surface area contributed by atoms with E-state index in [2.05, 4.69) is 38.5 Å². The number of hydrogen-bond donors (Lipinski definition) is 2. The molecule has 0 spiro atoms. The van der Waals surface area contributed by atoms with Crippen LogP contribution in [0.15, 0.2) is 61.1 Å². The Bertz CT molecular complexity index is 1270. The summed E-state index contributed by atoms with van der Waals surface area (Å²) in [6.07, 6.45) is 5.09. The number of fused-ring (bicyclic) bond motifs is 1. The number of benzene rings is 1. The van der Waals surface area contributed by atoms with Crippen LogP contribution in [0.5, 0.6) is 0 Å². The summed E-state index contributed by atoms with van der Waals surface area (Å²) >= 11 is 0. The molecule has 1 aliphatic heterocycles. The number of urea groups is 1. The van der Waals surface area contributed by atoms with Gasteiger partial charge < -0.3 is 20.3 Å². The molecule has 168 valence electrons. The molecule has 4 heterocycles. The van der Waals surface area contributed by atoms with E-state index >= 15 is 0 Å². The third kappa shape index (κ3) is 4.35. The van der Waals surface area contributed by atoms with Gasteiger partial charge in [0.2, 0.25) is 0 Å². The zero-order valence-corrected chi connectivity index (χ0v) is 18.5. The Labute approximate surface area is 191 Å². The minimum absolute atomic E-state index is 0.250. The Kier molecular flexibility index (Phi) is 5.62. The molecule has 9 heteroatoms. The highest BCUT2D eigenvalue weighted by atomic mass is 16.5. The summed E-state index contributed by atoms with van der Waals surface area (Å²) in [6.45, 7) is 6.33. The number of amides is 2. The van der Waals surface area contributed by atoms with Crippen molar-refractivity contribution in [2.75, 3.05) is 35.3 Å².